The van der Waals surface area contributed by atoms with Crippen LogP contribution >= 0.6 is 15.9 Å². The molecule has 1 aliphatic carbocycles. The van der Waals surface area contributed by atoms with Crippen molar-refractivity contribution in [1.82, 2.24) is 4.57 Å². The molecule has 0 atom stereocenters. The molecule has 1 aromatic carbocycles. The minimum Gasteiger partial charge on any atom is -0.283 e. The molecule has 0 saturated heterocycles. The average Bonchev–Trinajstić information content (AvgIpc) is 2.44. The van der Waals surface area contributed by atoms with Crippen molar-refractivity contribution in [2.45, 2.75) is 25.7 Å². The van der Waals surface area contributed by atoms with Crippen LogP contribution < -0.4 is 5.56 Å². The molecule has 0 saturated carbocycles. The third-order valence-corrected chi connectivity index (χ3v) is 4.19. The van der Waals surface area contributed by atoms with E-state index in [-0.39, 0.29) is 5.56 Å². The highest BCUT2D eigenvalue weighted by Gasteiger charge is 2.18. The van der Waals surface area contributed by atoms with Crippen LogP contribution in [0.25, 0.3) is 5.69 Å². The van der Waals surface area contributed by atoms with Crippen molar-refractivity contribution in [2.75, 3.05) is 0 Å². The molecule has 92 valence electrons. The predicted molar refractivity (Wildman–Crippen MR) is 76.4 cm³/mol. The van der Waals surface area contributed by atoms with Crippen molar-refractivity contribution < 1.29 is 0 Å². The third kappa shape index (κ3) is 1.93. The van der Waals surface area contributed by atoms with Gasteiger partial charge in [-0.2, -0.15) is 0 Å². The molecule has 3 rings (SSSR count). The maximum Gasteiger partial charge on any atom is 0.258 e. The van der Waals surface area contributed by atoms with Gasteiger partial charge in [0.25, 0.3) is 5.56 Å². The fourth-order valence-electron chi connectivity index (χ4n) is 2.58. The fourth-order valence-corrected chi connectivity index (χ4v) is 3.22. The van der Waals surface area contributed by atoms with Crippen molar-refractivity contribution >= 4 is 15.9 Å². The summed E-state index contributed by atoms with van der Waals surface area (Å²) in [5.74, 6) is 0. The summed E-state index contributed by atoms with van der Waals surface area (Å²) in [7, 11) is 0. The van der Waals surface area contributed by atoms with Gasteiger partial charge in [0, 0.05) is 21.9 Å². The molecule has 1 aliphatic rings. The van der Waals surface area contributed by atoms with Gasteiger partial charge in [-0.15, -0.1) is 0 Å². The molecule has 0 spiro atoms. The SMILES string of the molecule is O=c1c2c(c(Br)cn1-c1ccccc1)CCCC2. The van der Waals surface area contributed by atoms with Gasteiger partial charge in [0.05, 0.1) is 0 Å². The highest BCUT2D eigenvalue weighted by atomic mass is 79.9. The Balaban J connectivity index is 2.24. The van der Waals surface area contributed by atoms with E-state index in [1.807, 2.05) is 36.5 Å². The summed E-state index contributed by atoms with van der Waals surface area (Å²) in [6, 6.07) is 9.79. The monoisotopic (exact) mass is 303 g/mol. The Morgan fingerprint density at radius 1 is 1.00 bits per heavy atom. The molecular weight excluding hydrogens is 290 g/mol. The second kappa shape index (κ2) is 4.73. The Morgan fingerprint density at radius 3 is 2.39 bits per heavy atom. The van der Waals surface area contributed by atoms with E-state index in [0.29, 0.717) is 0 Å². The number of pyridine rings is 1. The lowest BCUT2D eigenvalue weighted by molar-refractivity contribution is 0.667. The zero-order valence-corrected chi connectivity index (χ0v) is 11.6. The fraction of sp³-hybridized carbons (Fsp3) is 0.267. The number of hydrogen-bond donors (Lipinski definition) is 0. The number of halogens is 1. The van der Waals surface area contributed by atoms with Crippen molar-refractivity contribution in [3.63, 3.8) is 0 Å². The maximum absolute atomic E-state index is 12.5. The molecule has 0 N–H and O–H groups in total. The van der Waals surface area contributed by atoms with Gasteiger partial charge in [-0.1, -0.05) is 18.2 Å². The van der Waals surface area contributed by atoms with E-state index in [1.54, 1.807) is 4.57 Å². The first-order valence-corrected chi connectivity index (χ1v) is 7.05. The predicted octanol–water partition coefficient (Wildman–Crippen LogP) is 3.48. The quantitative estimate of drug-likeness (QED) is 0.790. The molecule has 2 nitrogen and oxygen atoms in total. The largest absolute Gasteiger partial charge is 0.283 e. The van der Waals surface area contributed by atoms with E-state index in [2.05, 4.69) is 15.9 Å². The summed E-state index contributed by atoms with van der Waals surface area (Å²) >= 11 is 3.60. The van der Waals surface area contributed by atoms with Crippen LogP contribution in [0.3, 0.4) is 0 Å². The van der Waals surface area contributed by atoms with Crippen molar-refractivity contribution in [3.8, 4) is 5.69 Å². The Hall–Kier alpha value is -1.35. The third-order valence-electron chi connectivity index (χ3n) is 3.51. The number of para-hydroxylation sites is 1. The van der Waals surface area contributed by atoms with Gasteiger partial charge < -0.3 is 0 Å². The first-order valence-electron chi connectivity index (χ1n) is 6.25. The van der Waals surface area contributed by atoms with E-state index >= 15 is 0 Å². The first-order chi connectivity index (χ1) is 8.77. The molecule has 0 amide bonds. The summed E-state index contributed by atoms with van der Waals surface area (Å²) in [4.78, 5) is 12.5. The van der Waals surface area contributed by atoms with Gasteiger partial charge >= 0.3 is 0 Å². The number of aromatic nitrogens is 1. The van der Waals surface area contributed by atoms with Crippen LogP contribution in [-0.4, -0.2) is 4.57 Å². The minimum atomic E-state index is 0.138. The summed E-state index contributed by atoms with van der Waals surface area (Å²) in [6.45, 7) is 0. The smallest absolute Gasteiger partial charge is 0.258 e. The molecule has 3 heteroatoms. The highest BCUT2D eigenvalue weighted by molar-refractivity contribution is 9.10. The topological polar surface area (TPSA) is 22.0 Å². The number of nitrogens with zero attached hydrogens (tertiary/aromatic N) is 1. The van der Waals surface area contributed by atoms with E-state index in [0.717, 1.165) is 35.0 Å². The van der Waals surface area contributed by atoms with Crippen molar-refractivity contribution in [2.24, 2.45) is 0 Å². The first kappa shape index (κ1) is 11.7. The number of benzene rings is 1. The van der Waals surface area contributed by atoms with Crippen molar-refractivity contribution in [1.29, 1.82) is 0 Å². The molecule has 1 aromatic heterocycles. The van der Waals surface area contributed by atoms with Crippen LogP contribution in [0, 0.1) is 0 Å². The minimum absolute atomic E-state index is 0.138. The van der Waals surface area contributed by atoms with E-state index < -0.39 is 0 Å². The molecule has 2 aromatic rings. The molecule has 0 bridgehead atoms. The van der Waals surface area contributed by atoms with Gasteiger partial charge in [0.15, 0.2) is 0 Å². The van der Waals surface area contributed by atoms with Crippen LogP contribution in [0.4, 0.5) is 0 Å². The van der Waals surface area contributed by atoms with Gasteiger partial charge in [-0.3, -0.25) is 9.36 Å². The Bertz CT molecular complexity index is 631. The molecule has 18 heavy (non-hydrogen) atoms. The summed E-state index contributed by atoms with van der Waals surface area (Å²) < 4.78 is 2.80. The lowest BCUT2D eigenvalue weighted by atomic mass is 9.93. The summed E-state index contributed by atoms with van der Waals surface area (Å²) in [6.07, 6.45) is 6.12. The zero-order valence-electron chi connectivity index (χ0n) is 10.0. The number of fused-ring (bicyclic) bond motifs is 1. The Morgan fingerprint density at radius 2 is 1.67 bits per heavy atom. The lowest BCUT2D eigenvalue weighted by Crippen LogP contribution is -2.26. The van der Waals surface area contributed by atoms with Crippen molar-refractivity contribution in [3.05, 3.63) is 62.5 Å². The average molecular weight is 304 g/mol. The molecular formula is C15H14BrNO. The Labute approximate surface area is 114 Å². The number of hydrogen-bond acceptors (Lipinski definition) is 1. The van der Waals surface area contributed by atoms with E-state index in [9.17, 15) is 4.79 Å². The van der Waals surface area contributed by atoms with Gasteiger partial charge in [-0.05, 0) is 59.3 Å². The highest BCUT2D eigenvalue weighted by Crippen LogP contribution is 2.26. The molecule has 1 heterocycles. The molecule has 0 aliphatic heterocycles. The lowest BCUT2D eigenvalue weighted by Gasteiger charge is -2.18. The Kier molecular flexibility index (Phi) is 3.08. The molecule has 0 unspecified atom stereocenters. The van der Waals surface area contributed by atoms with Crippen LogP contribution in [0.1, 0.15) is 24.0 Å². The molecule has 0 fully saturated rings. The van der Waals surface area contributed by atoms with Gasteiger partial charge in [-0.25, -0.2) is 0 Å². The molecule has 0 radical (unpaired) electrons. The van der Waals surface area contributed by atoms with Gasteiger partial charge in [0.1, 0.15) is 0 Å². The maximum atomic E-state index is 12.5. The standard InChI is InChI=1S/C15H14BrNO/c16-14-10-17(11-6-2-1-3-7-11)15(18)13-9-5-4-8-12(13)14/h1-3,6-7,10H,4-5,8-9H2. The van der Waals surface area contributed by atoms with Crippen LogP contribution in [0.15, 0.2) is 45.8 Å². The summed E-state index contributed by atoms with van der Waals surface area (Å²) in [5.41, 5.74) is 3.26. The van der Waals surface area contributed by atoms with Crippen LogP contribution in [0.5, 0.6) is 0 Å². The summed E-state index contributed by atoms with van der Waals surface area (Å²) in [5, 5.41) is 0. The van der Waals surface area contributed by atoms with Gasteiger partial charge in [0.2, 0.25) is 0 Å². The van der Waals surface area contributed by atoms with E-state index in [1.165, 1.54) is 12.0 Å². The van der Waals surface area contributed by atoms with Crippen LogP contribution in [-0.2, 0) is 12.8 Å². The van der Waals surface area contributed by atoms with E-state index in [4.69, 9.17) is 0 Å². The normalized spacial score (nSPS) is 14.3. The number of rotatable bonds is 1. The second-order valence-corrected chi connectivity index (χ2v) is 5.51. The van der Waals surface area contributed by atoms with Crippen LogP contribution in [0.2, 0.25) is 0 Å². The second-order valence-electron chi connectivity index (χ2n) is 4.65. The zero-order chi connectivity index (χ0) is 12.5.